The van der Waals surface area contributed by atoms with Gasteiger partial charge in [0.05, 0.1) is 19.8 Å². The largest absolute Gasteiger partial charge is 0.493 e. The van der Waals surface area contributed by atoms with Crippen molar-refractivity contribution in [3.05, 3.63) is 23.3 Å². The minimum Gasteiger partial charge on any atom is -0.493 e. The SMILES string of the molecule is COc1cc(CC2CCCNC2)cc(C(C)(F)F)c1OC. The summed E-state index contributed by atoms with van der Waals surface area (Å²) < 4.78 is 38.0. The Morgan fingerprint density at radius 2 is 2.05 bits per heavy atom. The molecule has 21 heavy (non-hydrogen) atoms. The Bertz CT molecular complexity index is 480. The highest BCUT2D eigenvalue weighted by molar-refractivity contribution is 5.51. The molecule has 1 heterocycles. The second-order valence-corrected chi connectivity index (χ2v) is 5.68. The Hall–Kier alpha value is -1.36. The number of rotatable bonds is 5. The molecule has 0 saturated carbocycles. The maximum atomic E-state index is 13.8. The monoisotopic (exact) mass is 299 g/mol. The molecule has 1 fully saturated rings. The molecule has 1 saturated heterocycles. The zero-order valence-electron chi connectivity index (χ0n) is 12.8. The first kappa shape index (κ1) is 16.0. The molecule has 5 heteroatoms. The van der Waals surface area contributed by atoms with Gasteiger partial charge in [0.15, 0.2) is 11.5 Å². The van der Waals surface area contributed by atoms with Gasteiger partial charge in [0, 0.05) is 6.92 Å². The number of alkyl halides is 2. The van der Waals surface area contributed by atoms with Crippen LogP contribution in [0.4, 0.5) is 8.78 Å². The number of benzene rings is 1. The van der Waals surface area contributed by atoms with Crippen LogP contribution in [0.15, 0.2) is 12.1 Å². The van der Waals surface area contributed by atoms with Crippen molar-refractivity contribution in [2.45, 2.75) is 32.1 Å². The van der Waals surface area contributed by atoms with Crippen molar-refractivity contribution in [1.29, 1.82) is 0 Å². The van der Waals surface area contributed by atoms with Crippen LogP contribution in [0.2, 0.25) is 0 Å². The van der Waals surface area contributed by atoms with Gasteiger partial charge in [0.25, 0.3) is 5.92 Å². The van der Waals surface area contributed by atoms with Gasteiger partial charge in [-0.1, -0.05) is 0 Å². The van der Waals surface area contributed by atoms with Gasteiger partial charge in [-0.2, -0.15) is 0 Å². The molecule has 1 N–H and O–H groups in total. The molecule has 1 unspecified atom stereocenters. The van der Waals surface area contributed by atoms with E-state index in [0.29, 0.717) is 11.7 Å². The normalized spacial score (nSPS) is 19.4. The van der Waals surface area contributed by atoms with Crippen LogP contribution >= 0.6 is 0 Å². The Kier molecular flexibility index (Phi) is 5.04. The fourth-order valence-electron chi connectivity index (χ4n) is 2.90. The van der Waals surface area contributed by atoms with Crippen LogP contribution in [0.3, 0.4) is 0 Å². The predicted octanol–water partition coefficient (Wildman–Crippen LogP) is 3.36. The summed E-state index contributed by atoms with van der Waals surface area (Å²) in [5.41, 5.74) is 0.765. The molecular weight excluding hydrogens is 276 g/mol. The highest BCUT2D eigenvalue weighted by Gasteiger charge is 2.31. The highest BCUT2D eigenvalue weighted by atomic mass is 19.3. The topological polar surface area (TPSA) is 30.5 Å². The molecule has 0 aromatic heterocycles. The lowest BCUT2D eigenvalue weighted by atomic mass is 9.91. The Balaban J connectivity index is 2.33. The first-order chi connectivity index (χ1) is 9.95. The molecule has 1 atom stereocenters. The van der Waals surface area contributed by atoms with E-state index < -0.39 is 5.92 Å². The van der Waals surface area contributed by atoms with Gasteiger partial charge >= 0.3 is 0 Å². The molecule has 0 amide bonds. The third-order valence-electron chi connectivity index (χ3n) is 3.93. The summed E-state index contributed by atoms with van der Waals surface area (Å²) in [5.74, 6) is -1.99. The van der Waals surface area contributed by atoms with Gasteiger partial charge in [-0.25, -0.2) is 8.78 Å². The smallest absolute Gasteiger partial charge is 0.274 e. The van der Waals surface area contributed by atoms with Gasteiger partial charge in [0.2, 0.25) is 0 Å². The van der Waals surface area contributed by atoms with Gasteiger partial charge in [-0.3, -0.25) is 0 Å². The fourth-order valence-corrected chi connectivity index (χ4v) is 2.90. The van der Waals surface area contributed by atoms with E-state index in [1.807, 2.05) is 6.07 Å². The molecule has 1 aliphatic heterocycles. The maximum Gasteiger partial charge on any atom is 0.274 e. The molecule has 0 bridgehead atoms. The van der Waals surface area contributed by atoms with E-state index in [2.05, 4.69) is 5.32 Å². The highest BCUT2D eigenvalue weighted by Crippen LogP contribution is 2.41. The third-order valence-corrected chi connectivity index (χ3v) is 3.93. The summed E-state index contributed by atoms with van der Waals surface area (Å²) in [6.07, 6.45) is 3.03. The number of piperidine rings is 1. The van der Waals surface area contributed by atoms with Crippen LogP contribution in [-0.2, 0) is 12.3 Å². The lowest BCUT2D eigenvalue weighted by Gasteiger charge is -2.24. The van der Waals surface area contributed by atoms with Crippen molar-refractivity contribution >= 4 is 0 Å². The second kappa shape index (κ2) is 6.60. The quantitative estimate of drug-likeness (QED) is 0.904. The van der Waals surface area contributed by atoms with Crippen LogP contribution in [0, 0.1) is 5.92 Å². The van der Waals surface area contributed by atoms with Crippen molar-refractivity contribution in [3.8, 4) is 11.5 Å². The van der Waals surface area contributed by atoms with Gasteiger partial charge in [-0.15, -0.1) is 0 Å². The molecule has 1 aromatic carbocycles. The van der Waals surface area contributed by atoms with Crippen molar-refractivity contribution in [3.63, 3.8) is 0 Å². The van der Waals surface area contributed by atoms with E-state index in [4.69, 9.17) is 9.47 Å². The lowest BCUT2D eigenvalue weighted by molar-refractivity contribution is 0.0146. The van der Waals surface area contributed by atoms with Crippen molar-refractivity contribution in [2.24, 2.45) is 5.92 Å². The molecule has 3 nitrogen and oxygen atoms in total. The van der Waals surface area contributed by atoms with E-state index in [0.717, 1.165) is 44.8 Å². The third kappa shape index (κ3) is 3.84. The molecule has 1 aromatic rings. The minimum atomic E-state index is -2.96. The summed E-state index contributed by atoms with van der Waals surface area (Å²) in [4.78, 5) is 0. The summed E-state index contributed by atoms with van der Waals surface area (Å²) in [6.45, 7) is 2.86. The Morgan fingerprint density at radius 1 is 1.29 bits per heavy atom. The van der Waals surface area contributed by atoms with Crippen molar-refractivity contribution in [1.82, 2.24) is 5.32 Å². The van der Waals surface area contributed by atoms with Crippen LogP contribution in [0.25, 0.3) is 0 Å². The average molecular weight is 299 g/mol. The number of ether oxygens (including phenoxy) is 2. The lowest BCUT2D eigenvalue weighted by Crippen LogP contribution is -2.30. The second-order valence-electron chi connectivity index (χ2n) is 5.68. The van der Waals surface area contributed by atoms with E-state index in [1.165, 1.54) is 14.2 Å². The number of methoxy groups -OCH3 is 2. The Labute approximate surface area is 124 Å². The van der Waals surface area contributed by atoms with Crippen LogP contribution in [0.5, 0.6) is 11.5 Å². The number of halogens is 2. The molecule has 0 radical (unpaired) electrons. The molecule has 1 aliphatic rings. The predicted molar refractivity (Wildman–Crippen MR) is 78.4 cm³/mol. The zero-order valence-corrected chi connectivity index (χ0v) is 12.8. The van der Waals surface area contributed by atoms with Gasteiger partial charge in [0.1, 0.15) is 0 Å². The van der Waals surface area contributed by atoms with Crippen LogP contribution in [-0.4, -0.2) is 27.3 Å². The maximum absolute atomic E-state index is 13.8. The van der Waals surface area contributed by atoms with E-state index in [1.54, 1.807) is 6.07 Å². The molecule has 118 valence electrons. The summed E-state index contributed by atoms with van der Waals surface area (Å²) in [6, 6.07) is 3.36. The summed E-state index contributed by atoms with van der Waals surface area (Å²) >= 11 is 0. The molecule has 2 rings (SSSR count). The van der Waals surface area contributed by atoms with Gasteiger partial charge < -0.3 is 14.8 Å². The van der Waals surface area contributed by atoms with Crippen molar-refractivity contribution < 1.29 is 18.3 Å². The fraction of sp³-hybridized carbons (Fsp3) is 0.625. The first-order valence-electron chi connectivity index (χ1n) is 7.29. The summed E-state index contributed by atoms with van der Waals surface area (Å²) in [5, 5.41) is 3.35. The Morgan fingerprint density at radius 3 is 2.57 bits per heavy atom. The minimum absolute atomic E-state index is 0.108. The van der Waals surface area contributed by atoms with E-state index in [9.17, 15) is 8.78 Å². The standard InChI is InChI=1S/C16H23F2NO2/c1-16(17,18)13-8-12(7-11-5-4-6-19-10-11)9-14(20-2)15(13)21-3/h8-9,11,19H,4-7,10H2,1-3H3. The van der Waals surface area contributed by atoms with Crippen molar-refractivity contribution in [2.75, 3.05) is 27.3 Å². The molecular formula is C16H23F2NO2. The number of nitrogens with one attached hydrogen (secondary N) is 1. The van der Waals surface area contributed by atoms with E-state index >= 15 is 0 Å². The number of hydrogen-bond acceptors (Lipinski definition) is 3. The summed E-state index contributed by atoms with van der Waals surface area (Å²) in [7, 11) is 2.86. The number of hydrogen-bond donors (Lipinski definition) is 1. The average Bonchev–Trinajstić information content (AvgIpc) is 2.46. The van der Waals surface area contributed by atoms with E-state index in [-0.39, 0.29) is 11.3 Å². The van der Waals surface area contributed by atoms with Crippen LogP contribution in [0.1, 0.15) is 30.9 Å². The molecule has 0 spiro atoms. The van der Waals surface area contributed by atoms with Gasteiger partial charge in [-0.05, 0) is 56.0 Å². The first-order valence-corrected chi connectivity index (χ1v) is 7.29. The zero-order chi connectivity index (χ0) is 15.5. The molecule has 0 aliphatic carbocycles. The van der Waals surface area contributed by atoms with Crippen LogP contribution < -0.4 is 14.8 Å².